The first-order chi connectivity index (χ1) is 10.7. The van der Waals surface area contributed by atoms with Gasteiger partial charge in [-0.2, -0.15) is 5.10 Å². The lowest BCUT2D eigenvalue weighted by atomic mass is 10.2. The molecule has 5 nitrogen and oxygen atoms in total. The molecule has 2 aromatic carbocycles. The maximum Gasteiger partial charge on any atom is 0.119 e. The van der Waals surface area contributed by atoms with Gasteiger partial charge < -0.3 is 15.3 Å². The molecule has 0 saturated carbocycles. The highest BCUT2D eigenvalue weighted by Gasteiger charge is 2.13. The van der Waals surface area contributed by atoms with Crippen LogP contribution in [0.4, 0.5) is 5.69 Å². The van der Waals surface area contributed by atoms with Gasteiger partial charge >= 0.3 is 0 Å². The molecule has 5 heteroatoms. The van der Waals surface area contributed by atoms with Crippen LogP contribution in [0.2, 0.25) is 0 Å². The summed E-state index contributed by atoms with van der Waals surface area (Å²) >= 11 is 0. The third-order valence-corrected chi connectivity index (χ3v) is 3.17. The van der Waals surface area contributed by atoms with Crippen LogP contribution in [0, 0.1) is 0 Å². The van der Waals surface area contributed by atoms with Gasteiger partial charge in [0, 0.05) is 0 Å². The Balaban J connectivity index is 2.17. The van der Waals surface area contributed by atoms with E-state index in [4.69, 9.17) is 5.11 Å². The Morgan fingerprint density at radius 2 is 1.55 bits per heavy atom. The molecule has 0 saturated heterocycles. The van der Waals surface area contributed by atoms with Crippen molar-refractivity contribution in [2.75, 3.05) is 11.6 Å². The van der Waals surface area contributed by atoms with Crippen LogP contribution in [0.1, 0.15) is 5.56 Å². The zero-order chi connectivity index (χ0) is 15.8. The molecule has 0 spiro atoms. The van der Waals surface area contributed by atoms with Gasteiger partial charge in [-0.05, 0) is 17.7 Å². The van der Waals surface area contributed by atoms with Gasteiger partial charge in [-0.15, -0.1) is 0 Å². The van der Waals surface area contributed by atoms with Crippen LogP contribution >= 0.6 is 0 Å². The van der Waals surface area contributed by atoms with Gasteiger partial charge in [-0.25, -0.2) is 0 Å². The van der Waals surface area contributed by atoms with E-state index in [0.717, 1.165) is 11.3 Å². The number of aliphatic hydroxyl groups is 3. The summed E-state index contributed by atoms with van der Waals surface area (Å²) in [5.74, 6) is 0. The average molecular weight is 300 g/mol. The Bertz CT molecular complexity index is 575. The molecule has 0 bridgehead atoms. The quantitative estimate of drug-likeness (QED) is 0.533. The van der Waals surface area contributed by atoms with Gasteiger partial charge in [0.05, 0.1) is 25.1 Å². The summed E-state index contributed by atoms with van der Waals surface area (Å²) in [6, 6.07) is 19.4. The lowest BCUT2D eigenvalue weighted by Gasteiger charge is -2.20. The van der Waals surface area contributed by atoms with E-state index >= 15 is 0 Å². The molecule has 2 aromatic rings. The van der Waals surface area contributed by atoms with Crippen molar-refractivity contribution < 1.29 is 15.3 Å². The number of aliphatic hydroxyl groups excluding tert-OH is 3. The molecule has 0 aliphatic rings. The Hall–Kier alpha value is -2.21. The highest BCUT2D eigenvalue weighted by atomic mass is 16.4. The van der Waals surface area contributed by atoms with Crippen LogP contribution in [0.25, 0.3) is 0 Å². The summed E-state index contributed by atoms with van der Waals surface area (Å²) < 4.78 is 0. The molecule has 0 aliphatic heterocycles. The molecule has 0 aliphatic carbocycles. The first-order valence-corrected chi connectivity index (χ1v) is 7.08. The number of rotatable bonds is 7. The Morgan fingerprint density at radius 1 is 0.955 bits per heavy atom. The monoisotopic (exact) mass is 300 g/mol. The maximum absolute atomic E-state index is 9.69. The lowest BCUT2D eigenvalue weighted by Crippen LogP contribution is -2.31. The largest absolute Gasteiger partial charge is 0.394 e. The first-order valence-electron chi connectivity index (χ1n) is 7.08. The predicted molar refractivity (Wildman–Crippen MR) is 86.7 cm³/mol. The van der Waals surface area contributed by atoms with Crippen LogP contribution in [0.3, 0.4) is 0 Å². The number of hydrogen-bond acceptors (Lipinski definition) is 5. The lowest BCUT2D eigenvalue weighted by molar-refractivity contribution is 0.0203. The fraction of sp³-hybridized carbons (Fsp3) is 0.235. The van der Waals surface area contributed by atoms with E-state index in [0.29, 0.717) is 6.54 Å². The fourth-order valence-corrected chi connectivity index (χ4v) is 1.91. The summed E-state index contributed by atoms with van der Waals surface area (Å²) in [5, 5.41) is 33.9. The van der Waals surface area contributed by atoms with Crippen LogP contribution in [0.5, 0.6) is 0 Å². The van der Waals surface area contributed by atoms with Crippen molar-refractivity contribution in [3.63, 3.8) is 0 Å². The molecule has 2 rings (SSSR count). The van der Waals surface area contributed by atoms with Crippen LogP contribution in [0.15, 0.2) is 65.8 Å². The number of nitrogens with zero attached hydrogens (tertiary/aromatic N) is 2. The zero-order valence-electron chi connectivity index (χ0n) is 12.2. The molecule has 22 heavy (non-hydrogen) atoms. The fourth-order valence-electron chi connectivity index (χ4n) is 1.91. The molecular weight excluding hydrogens is 280 g/mol. The molecule has 0 fully saturated rings. The van der Waals surface area contributed by atoms with Crippen LogP contribution in [-0.2, 0) is 6.54 Å². The number of benzene rings is 2. The van der Waals surface area contributed by atoms with Gasteiger partial charge in [0.25, 0.3) is 0 Å². The SMILES string of the molecule is OCC(O)C(O)/C=N/N(Cc1ccccc1)c1ccccc1. The van der Waals surface area contributed by atoms with E-state index in [1.54, 1.807) is 5.01 Å². The van der Waals surface area contributed by atoms with Crippen LogP contribution < -0.4 is 5.01 Å². The van der Waals surface area contributed by atoms with Gasteiger partial charge in [0.15, 0.2) is 0 Å². The zero-order valence-corrected chi connectivity index (χ0v) is 12.2. The van der Waals surface area contributed by atoms with E-state index in [1.807, 2.05) is 60.7 Å². The van der Waals surface area contributed by atoms with Gasteiger partial charge in [-0.1, -0.05) is 48.5 Å². The summed E-state index contributed by atoms with van der Waals surface area (Å²) in [4.78, 5) is 0. The van der Waals surface area contributed by atoms with Crippen molar-refractivity contribution in [3.8, 4) is 0 Å². The number of hydrazone groups is 1. The smallest absolute Gasteiger partial charge is 0.119 e. The third-order valence-electron chi connectivity index (χ3n) is 3.17. The van der Waals surface area contributed by atoms with Crippen molar-refractivity contribution in [2.24, 2.45) is 5.10 Å². The Labute approximate surface area is 129 Å². The normalized spacial score (nSPS) is 14.0. The van der Waals surface area contributed by atoms with Crippen molar-refractivity contribution in [2.45, 2.75) is 18.8 Å². The van der Waals surface area contributed by atoms with Gasteiger partial charge in [0.1, 0.15) is 12.2 Å². The van der Waals surface area contributed by atoms with E-state index < -0.39 is 18.8 Å². The molecule has 0 radical (unpaired) electrons. The minimum Gasteiger partial charge on any atom is -0.394 e. The predicted octanol–water partition coefficient (Wildman–Crippen LogP) is 1.39. The summed E-state index contributed by atoms with van der Waals surface area (Å²) in [7, 11) is 0. The van der Waals surface area contributed by atoms with E-state index in [9.17, 15) is 10.2 Å². The summed E-state index contributed by atoms with van der Waals surface area (Å²) in [6.07, 6.45) is -1.22. The van der Waals surface area contributed by atoms with Gasteiger partial charge in [-0.3, -0.25) is 5.01 Å². The van der Waals surface area contributed by atoms with E-state index in [-0.39, 0.29) is 0 Å². The molecule has 2 unspecified atom stereocenters. The molecule has 3 N–H and O–H groups in total. The topological polar surface area (TPSA) is 76.3 Å². The standard InChI is InChI=1S/C17H20N2O3/c20-13-17(22)16(21)11-18-19(15-9-5-2-6-10-15)12-14-7-3-1-4-8-14/h1-11,16-17,20-22H,12-13H2/b18-11+. The molecular formula is C17H20N2O3. The molecule has 0 heterocycles. The maximum atomic E-state index is 9.69. The second-order valence-electron chi connectivity index (χ2n) is 4.88. The molecule has 2 atom stereocenters. The van der Waals surface area contributed by atoms with Crippen molar-refractivity contribution in [1.82, 2.24) is 0 Å². The van der Waals surface area contributed by atoms with Crippen LogP contribution in [-0.4, -0.2) is 40.3 Å². The Kier molecular flexibility index (Phi) is 6.09. The average Bonchev–Trinajstić information content (AvgIpc) is 2.59. The highest BCUT2D eigenvalue weighted by Crippen LogP contribution is 2.17. The van der Waals surface area contributed by atoms with Gasteiger partial charge in [0.2, 0.25) is 0 Å². The van der Waals surface area contributed by atoms with Crippen molar-refractivity contribution in [1.29, 1.82) is 0 Å². The van der Waals surface area contributed by atoms with Crippen molar-refractivity contribution in [3.05, 3.63) is 66.2 Å². The number of hydrogen-bond donors (Lipinski definition) is 3. The number of para-hydroxylation sites is 1. The number of anilines is 1. The Morgan fingerprint density at radius 3 is 2.14 bits per heavy atom. The van der Waals surface area contributed by atoms with E-state index in [2.05, 4.69) is 5.10 Å². The van der Waals surface area contributed by atoms with Crippen molar-refractivity contribution >= 4 is 11.9 Å². The molecule has 0 amide bonds. The first kappa shape index (κ1) is 16.2. The summed E-state index contributed by atoms with van der Waals surface area (Å²) in [6.45, 7) is 0.0144. The second-order valence-corrected chi connectivity index (χ2v) is 4.88. The highest BCUT2D eigenvalue weighted by molar-refractivity contribution is 5.65. The molecule has 0 aromatic heterocycles. The summed E-state index contributed by atoms with van der Waals surface area (Å²) in [5.41, 5.74) is 1.94. The molecule has 116 valence electrons. The third kappa shape index (κ3) is 4.66. The van der Waals surface area contributed by atoms with E-state index in [1.165, 1.54) is 6.21 Å². The minimum atomic E-state index is -1.24. The second kappa shape index (κ2) is 8.29. The minimum absolute atomic E-state index is 0.517.